The number of nitrogens with one attached hydrogen (secondary N) is 2. The summed E-state index contributed by atoms with van der Waals surface area (Å²) in [7, 11) is 0. The van der Waals surface area contributed by atoms with Crippen molar-refractivity contribution in [3.05, 3.63) is 50.9 Å². The van der Waals surface area contributed by atoms with Gasteiger partial charge in [0.25, 0.3) is 5.56 Å². The lowest BCUT2D eigenvalue weighted by Gasteiger charge is -2.09. The molecule has 7 nitrogen and oxygen atoms in total. The Morgan fingerprint density at radius 2 is 2.07 bits per heavy atom. The molecule has 0 bridgehead atoms. The molecule has 0 radical (unpaired) electrons. The topological polar surface area (TPSA) is 92.7 Å². The van der Waals surface area contributed by atoms with Crippen molar-refractivity contribution < 1.29 is 4.79 Å². The summed E-state index contributed by atoms with van der Waals surface area (Å²) in [6.45, 7) is 2.74. The Kier molecular flexibility index (Phi) is 4.86. The fraction of sp³-hybridized carbons (Fsp3) is 0.364. The lowest BCUT2D eigenvalue weighted by molar-refractivity contribution is -0.116. The van der Waals surface area contributed by atoms with Gasteiger partial charge in [0.1, 0.15) is 10.7 Å². The second-order valence-electron chi connectivity index (χ2n) is 7.62. The van der Waals surface area contributed by atoms with Gasteiger partial charge in [-0.2, -0.15) is 0 Å². The second-order valence-corrected chi connectivity index (χ2v) is 8.70. The molecule has 0 saturated carbocycles. The highest BCUT2D eigenvalue weighted by molar-refractivity contribution is 7.18. The van der Waals surface area contributed by atoms with E-state index in [4.69, 9.17) is 0 Å². The Morgan fingerprint density at radius 1 is 1.23 bits per heavy atom. The number of fused-ring (bicyclic) bond motifs is 4. The number of nitrogens with zero attached hydrogens (tertiary/aromatic N) is 3. The first-order chi connectivity index (χ1) is 14.6. The van der Waals surface area contributed by atoms with Crippen LogP contribution < -0.4 is 10.9 Å². The number of amides is 1. The molecule has 1 amide bonds. The van der Waals surface area contributed by atoms with E-state index in [0.29, 0.717) is 24.7 Å². The number of thiophene rings is 1. The lowest BCUT2D eigenvalue weighted by Crippen LogP contribution is -2.18. The van der Waals surface area contributed by atoms with Crippen molar-refractivity contribution in [2.24, 2.45) is 0 Å². The maximum absolute atomic E-state index is 12.6. The molecular weight excluding hydrogens is 398 g/mol. The number of aromatic nitrogens is 4. The van der Waals surface area contributed by atoms with Crippen LogP contribution in [0.15, 0.2) is 29.1 Å². The standard InChI is InChI=1S/C22H23N5O2S/c1-2-27-15-9-5-4-8-14(15)23-22(27)26-18(28)12-11-17-24-20(29)19-13-7-3-6-10-16(13)30-21(19)25-17/h4-5,8-9H,2-3,6-7,10-12H2,1H3,(H,23,26,28)(H,24,25,29). The average molecular weight is 422 g/mol. The van der Waals surface area contributed by atoms with Gasteiger partial charge in [-0.3, -0.25) is 14.9 Å². The fourth-order valence-corrected chi connectivity index (χ4v) is 5.52. The summed E-state index contributed by atoms with van der Waals surface area (Å²) >= 11 is 1.63. The first-order valence-electron chi connectivity index (χ1n) is 10.4. The smallest absolute Gasteiger partial charge is 0.259 e. The molecule has 1 aliphatic rings. The molecule has 4 aromatic rings. The molecule has 0 spiro atoms. The molecule has 0 unspecified atom stereocenters. The number of hydrogen-bond donors (Lipinski definition) is 2. The third-order valence-electron chi connectivity index (χ3n) is 5.68. The number of rotatable bonds is 5. The van der Waals surface area contributed by atoms with Gasteiger partial charge < -0.3 is 9.55 Å². The van der Waals surface area contributed by atoms with Gasteiger partial charge in [0, 0.05) is 24.3 Å². The van der Waals surface area contributed by atoms with Crippen molar-refractivity contribution in [1.29, 1.82) is 0 Å². The molecule has 1 aromatic carbocycles. The summed E-state index contributed by atoms with van der Waals surface area (Å²) in [4.78, 5) is 39.4. The van der Waals surface area contributed by atoms with Gasteiger partial charge in [-0.15, -0.1) is 11.3 Å². The number of carbonyl (C=O) groups excluding carboxylic acids is 1. The van der Waals surface area contributed by atoms with E-state index < -0.39 is 0 Å². The Morgan fingerprint density at radius 3 is 2.93 bits per heavy atom. The number of benzene rings is 1. The molecule has 0 fully saturated rings. The highest BCUT2D eigenvalue weighted by Crippen LogP contribution is 2.33. The quantitative estimate of drug-likeness (QED) is 0.513. The van der Waals surface area contributed by atoms with Crippen LogP contribution in [0.1, 0.15) is 42.5 Å². The molecular formula is C22H23N5O2S. The van der Waals surface area contributed by atoms with Gasteiger partial charge in [-0.05, 0) is 50.3 Å². The zero-order valence-electron chi connectivity index (χ0n) is 16.8. The van der Waals surface area contributed by atoms with E-state index in [1.807, 2.05) is 35.8 Å². The van der Waals surface area contributed by atoms with E-state index >= 15 is 0 Å². The van der Waals surface area contributed by atoms with Crippen LogP contribution in [0.25, 0.3) is 21.3 Å². The van der Waals surface area contributed by atoms with Crippen LogP contribution >= 0.6 is 11.3 Å². The molecule has 5 rings (SSSR count). The minimum absolute atomic E-state index is 0.0809. The molecule has 1 aliphatic carbocycles. The van der Waals surface area contributed by atoms with Crippen molar-refractivity contribution in [3.63, 3.8) is 0 Å². The van der Waals surface area contributed by atoms with Crippen LogP contribution in [-0.2, 0) is 30.6 Å². The monoisotopic (exact) mass is 421 g/mol. The summed E-state index contributed by atoms with van der Waals surface area (Å²) in [5, 5.41) is 3.66. The van der Waals surface area contributed by atoms with Gasteiger partial charge in [0.15, 0.2) is 0 Å². The maximum atomic E-state index is 12.6. The normalized spacial score (nSPS) is 13.6. The van der Waals surface area contributed by atoms with Crippen LogP contribution in [0.3, 0.4) is 0 Å². The number of carbonyl (C=O) groups is 1. The number of para-hydroxylation sites is 2. The first kappa shape index (κ1) is 19.0. The predicted molar refractivity (Wildman–Crippen MR) is 119 cm³/mol. The van der Waals surface area contributed by atoms with Crippen LogP contribution in [0.5, 0.6) is 0 Å². The van der Waals surface area contributed by atoms with Gasteiger partial charge in [0.05, 0.1) is 16.4 Å². The molecule has 0 atom stereocenters. The summed E-state index contributed by atoms with van der Waals surface area (Å²) in [5.74, 6) is 0.963. The first-order valence-corrected chi connectivity index (χ1v) is 11.2. The molecule has 2 N–H and O–H groups in total. The van der Waals surface area contributed by atoms with Gasteiger partial charge in [-0.1, -0.05) is 12.1 Å². The molecule has 0 saturated heterocycles. The Labute approximate surface area is 177 Å². The molecule has 154 valence electrons. The van der Waals surface area contributed by atoms with Crippen molar-refractivity contribution in [1.82, 2.24) is 19.5 Å². The van der Waals surface area contributed by atoms with Crippen LogP contribution in [-0.4, -0.2) is 25.4 Å². The van der Waals surface area contributed by atoms with Gasteiger partial charge in [0.2, 0.25) is 11.9 Å². The molecule has 3 heterocycles. The molecule has 3 aromatic heterocycles. The number of imidazole rings is 1. The summed E-state index contributed by atoms with van der Waals surface area (Å²) in [6.07, 6.45) is 4.90. The highest BCUT2D eigenvalue weighted by atomic mass is 32.1. The number of anilines is 1. The minimum Gasteiger partial charge on any atom is -0.310 e. The highest BCUT2D eigenvalue weighted by Gasteiger charge is 2.20. The summed E-state index contributed by atoms with van der Waals surface area (Å²) in [6, 6.07) is 7.82. The van der Waals surface area contributed by atoms with Crippen molar-refractivity contribution >= 4 is 44.4 Å². The second kappa shape index (κ2) is 7.68. The summed E-state index contributed by atoms with van der Waals surface area (Å²) < 4.78 is 1.98. The van der Waals surface area contributed by atoms with Crippen molar-refractivity contribution in [2.45, 2.75) is 52.0 Å². The van der Waals surface area contributed by atoms with E-state index in [1.54, 1.807) is 11.3 Å². The summed E-state index contributed by atoms with van der Waals surface area (Å²) in [5.41, 5.74) is 2.95. The zero-order valence-corrected chi connectivity index (χ0v) is 17.6. The minimum atomic E-state index is -0.145. The van der Waals surface area contributed by atoms with Crippen molar-refractivity contribution in [2.75, 3.05) is 5.32 Å². The van der Waals surface area contributed by atoms with E-state index in [2.05, 4.69) is 20.3 Å². The van der Waals surface area contributed by atoms with Gasteiger partial charge >= 0.3 is 0 Å². The SMILES string of the molecule is CCn1c(NC(=O)CCc2nc3sc4c(c3c(=O)[nH]2)CCCC4)nc2ccccc21. The van der Waals surface area contributed by atoms with Gasteiger partial charge in [-0.25, -0.2) is 9.97 Å². The number of hydrogen-bond acceptors (Lipinski definition) is 5. The van der Waals surface area contributed by atoms with Crippen molar-refractivity contribution in [3.8, 4) is 0 Å². The predicted octanol–water partition coefficient (Wildman–Crippen LogP) is 3.80. The Bertz CT molecular complexity index is 1320. The fourth-order valence-electron chi connectivity index (χ4n) is 4.24. The largest absolute Gasteiger partial charge is 0.310 e. The van der Waals surface area contributed by atoms with Crippen LogP contribution in [0, 0.1) is 0 Å². The Balaban J connectivity index is 1.33. The number of aromatic amines is 1. The average Bonchev–Trinajstić information content (AvgIpc) is 3.29. The molecule has 0 aliphatic heterocycles. The lowest BCUT2D eigenvalue weighted by atomic mass is 9.97. The number of H-pyrrole nitrogens is 1. The van der Waals surface area contributed by atoms with E-state index in [-0.39, 0.29) is 17.9 Å². The Hall–Kier alpha value is -3.00. The van der Waals surface area contributed by atoms with Crippen LogP contribution in [0.4, 0.5) is 5.95 Å². The maximum Gasteiger partial charge on any atom is 0.259 e. The van der Waals surface area contributed by atoms with E-state index in [1.165, 1.54) is 16.9 Å². The molecule has 8 heteroatoms. The third-order valence-corrected chi connectivity index (χ3v) is 6.87. The number of aryl methyl sites for hydroxylation is 4. The molecule has 30 heavy (non-hydrogen) atoms. The van der Waals surface area contributed by atoms with E-state index in [9.17, 15) is 9.59 Å². The zero-order chi connectivity index (χ0) is 20.7. The van der Waals surface area contributed by atoms with Crippen LogP contribution in [0.2, 0.25) is 0 Å². The third kappa shape index (κ3) is 3.31. The van der Waals surface area contributed by atoms with E-state index in [0.717, 1.165) is 40.5 Å².